The average molecular weight is 414 g/mol. The van der Waals surface area contributed by atoms with Crippen molar-refractivity contribution < 1.29 is 4.42 Å². The number of benzene rings is 1. The Labute approximate surface area is 138 Å². The second-order valence-corrected chi connectivity index (χ2v) is 6.86. The van der Waals surface area contributed by atoms with Crippen LogP contribution in [0.5, 0.6) is 0 Å². The Bertz CT molecular complexity index is 889. The molecule has 0 radical (unpaired) electrons. The van der Waals surface area contributed by atoms with Crippen molar-refractivity contribution >= 4 is 42.9 Å². The van der Waals surface area contributed by atoms with Crippen molar-refractivity contribution in [3.05, 3.63) is 56.3 Å². The molecule has 1 unspecified atom stereocenters. The summed E-state index contributed by atoms with van der Waals surface area (Å²) in [6.45, 7) is 2.01. The zero-order chi connectivity index (χ0) is 15.3. The van der Waals surface area contributed by atoms with E-state index < -0.39 is 0 Å². The standard InChI is InChI=1S/C15H14Br2N2O2/c1-8-4-5-21-14(8)13(17)9-6-11-12(7-10(9)16)19(3)15(20)18(11)2/h4-7,13H,1-3H3. The molecule has 4 nitrogen and oxygen atoms in total. The lowest BCUT2D eigenvalue weighted by atomic mass is 10.1. The second-order valence-electron chi connectivity index (χ2n) is 5.09. The summed E-state index contributed by atoms with van der Waals surface area (Å²) in [5, 5.41) is 0. The van der Waals surface area contributed by atoms with Gasteiger partial charge in [0.2, 0.25) is 0 Å². The fraction of sp³-hybridized carbons (Fsp3) is 0.267. The van der Waals surface area contributed by atoms with E-state index in [2.05, 4.69) is 31.9 Å². The molecule has 0 amide bonds. The summed E-state index contributed by atoms with van der Waals surface area (Å²) >= 11 is 7.29. The third-order valence-electron chi connectivity index (χ3n) is 3.80. The Balaban J connectivity index is 2.24. The van der Waals surface area contributed by atoms with Crippen LogP contribution in [0.25, 0.3) is 11.0 Å². The maximum Gasteiger partial charge on any atom is 0.328 e. The maximum atomic E-state index is 12.0. The second kappa shape index (κ2) is 5.18. The SMILES string of the molecule is Cc1ccoc1C(Br)c1cc2c(cc1Br)n(C)c(=O)n2C. The number of aryl methyl sites for hydroxylation is 3. The summed E-state index contributed by atoms with van der Waals surface area (Å²) in [6.07, 6.45) is 1.68. The third-order valence-corrected chi connectivity index (χ3v) is 5.39. The molecule has 0 spiro atoms. The zero-order valence-electron chi connectivity index (χ0n) is 11.9. The molecule has 0 aliphatic heterocycles. The van der Waals surface area contributed by atoms with Crippen LogP contribution in [0, 0.1) is 6.92 Å². The van der Waals surface area contributed by atoms with Crippen molar-refractivity contribution in [1.82, 2.24) is 9.13 Å². The van der Waals surface area contributed by atoms with E-state index in [1.807, 2.05) is 25.1 Å². The summed E-state index contributed by atoms with van der Waals surface area (Å²) < 4.78 is 9.80. The predicted molar refractivity (Wildman–Crippen MR) is 90.1 cm³/mol. The number of aromatic nitrogens is 2. The predicted octanol–water partition coefficient (Wildman–Crippen LogP) is 4.03. The molecule has 6 heteroatoms. The summed E-state index contributed by atoms with van der Waals surface area (Å²) in [5.41, 5.74) is 3.88. The lowest BCUT2D eigenvalue weighted by molar-refractivity contribution is 0.517. The van der Waals surface area contributed by atoms with Gasteiger partial charge in [-0.1, -0.05) is 31.9 Å². The Hall–Kier alpha value is -1.27. The molecule has 3 rings (SSSR count). The number of nitrogens with zero attached hydrogens (tertiary/aromatic N) is 2. The molecule has 21 heavy (non-hydrogen) atoms. The molecule has 0 saturated carbocycles. The smallest absolute Gasteiger partial charge is 0.328 e. The summed E-state index contributed by atoms with van der Waals surface area (Å²) in [6, 6.07) is 5.93. The van der Waals surface area contributed by atoms with Gasteiger partial charge < -0.3 is 4.42 Å². The van der Waals surface area contributed by atoms with E-state index in [1.165, 1.54) is 0 Å². The van der Waals surface area contributed by atoms with Gasteiger partial charge in [-0.25, -0.2) is 4.79 Å². The van der Waals surface area contributed by atoms with Crippen LogP contribution in [0.15, 0.2) is 38.1 Å². The van der Waals surface area contributed by atoms with Gasteiger partial charge in [0.1, 0.15) is 5.76 Å². The molecule has 1 atom stereocenters. The largest absolute Gasteiger partial charge is 0.468 e. The lowest BCUT2D eigenvalue weighted by Crippen LogP contribution is -2.19. The number of alkyl halides is 1. The van der Waals surface area contributed by atoms with E-state index in [-0.39, 0.29) is 10.5 Å². The van der Waals surface area contributed by atoms with Gasteiger partial charge in [-0.05, 0) is 36.2 Å². The number of halogens is 2. The molecule has 3 aromatic rings. The van der Waals surface area contributed by atoms with Crippen molar-refractivity contribution in [3.63, 3.8) is 0 Å². The van der Waals surface area contributed by atoms with Gasteiger partial charge in [0, 0.05) is 18.6 Å². The fourth-order valence-electron chi connectivity index (χ4n) is 2.52. The van der Waals surface area contributed by atoms with Crippen molar-refractivity contribution in [2.24, 2.45) is 14.1 Å². The van der Waals surface area contributed by atoms with Crippen LogP contribution >= 0.6 is 31.9 Å². The van der Waals surface area contributed by atoms with Crippen LogP contribution in [-0.4, -0.2) is 9.13 Å². The lowest BCUT2D eigenvalue weighted by Gasteiger charge is -2.12. The Morgan fingerprint density at radius 2 is 1.81 bits per heavy atom. The van der Waals surface area contributed by atoms with E-state index in [0.717, 1.165) is 32.4 Å². The molecule has 2 heterocycles. The quantitative estimate of drug-likeness (QED) is 0.595. The highest BCUT2D eigenvalue weighted by molar-refractivity contribution is 9.11. The van der Waals surface area contributed by atoms with Crippen molar-refractivity contribution in [2.45, 2.75) is 11.8 Å². The van der Waals surface area contributed by atoms with Crippen molar-refractivity contribution in [2.75, 3.05) is 0 Å². The number of hydrogen-bond acceptors (Lipinski definition) is 2. The first-order valence-electron chi connectivity index (χ1n) is 6.44. The van der Waals surface area contributed by atoms with E-state index >= 15 is 0 Å². The van der Waals surface area contributed by atoms with Gasteiger partial charge >= 0.3 is 5.69 Å². The number of furan rings is 1. The molecule has 0 bridgehead atoms. The van der Waals surface area contributed by atoms with Crippen LogP contribution in [-0.2, 0) is 14.1 Å². The van der Waals surface area contributed by atoms with Crippen molar-refractivity contribution in [3.8, 4) is 0 Å². The molecule has 110 valence electrons. The fourth-order valence-corrected chi connectivity index (χ4v) is 4.23. The Kier molecular flexibility index (Phi) is 3.61. The third kappa shape index (κ3) is 2.21. The van der Waals surface area contributed by atoms with E-state index in [1.54, 1.807) is 29.5 Å². The topological polar surface area (TPSA) is 40.1 Å². The first-order chi connectivity index (χ1) is 9.91. The van der Waals surface area contributed by atoms with Gasteiger partial charge in [-0.3, -0.25) is 9.13 Å². The Morgan fingerprint density at radius 1 is 1.19 bits per heavy atom. The minimum Gasteiger partial charge on any atom is -0.468 e. The molecular formula is C15H14Br2N2O2. The molecule has 0 saturated heterocycles. The van der Waals surface area contributed by atoms with Gasteiger partial charge in [0.15, 0.2) is 0 Å². The minimum absolute atomic E-state index is 0.0330. The number of rotatable bonds is 2. The first-order valence-corrected chi connectivity index (χ1v) is 8.15. The molecule has 0 fully saturated rings. The van der Waals surface area contributed by atoms with E-state index in [4.69, 9.17) is 4.42 Å². The summed E-state index contributed by atoms with van der Waals surface area (Å²) in [7, 11) is 3.56. The van der Waals surface area contributed by atoms with Crippen LogP contribution in [0.2, 0.25) is 0 Å². The van der Waals surface area contributed by atoms with Crippen LogP contribution in [0.1, 0.15) is 21.7 Å². The number of hydrogen-bond donors (Lipinski definition) is 0. The normalized spacial score (nSPS) is 13.0. The van der Waals surface area contributed by atoms with Crippen LogP contribution in [0.4, 0.5) is 0 Å². The van der Waals surface area contributed by atoms with E-state index in [9.17, 15) is 4.79 Å². The zero-order valence-corrected chi connectivity index (χ0v) is 15.0. The molecule has 0 N–H and O–H groups in total. The summed E-state index contributed by atoms with van der Waals surface area (Å²) in [5.74, 6) is 0.871. The molecule has 0 aliphatic rings. The Morgan fingerprint density at radius 3 is 2.38 bits per heavy atom. The monoisotopic (exact) mass is 412 g/mol. The minimum atomic E-state index is -0.0680. The number of fused-ring (bicyclic) bond motifs is 1. The molecule has 0 aliphatic carbocycles. The van der Waals surface area contributed by atoms with Crippen molar-refractivity contribution in [1.29, 1.82) is 0 Å². The molecule has 1 aromatic carbocycles. The van der Waals surface area contributed by atoms with Gasteiger partial charge in [-0.2, -0.15) is 0 Å². The van der Waals surface area contributed by atoms with E-state index in [0.29, 0.717) is 0 Å². The maximum absolute atomic E-state index is 12.0. The highest BCUT2D eigenvalue weighted by Crippen LogP contribution is 2.38. The van der Waals surface area contributed by atoms with Gasteiger partial charge in [0.05, 0.1) is 22.1 Å². The van der Waals surface area contributed by atoms with Gasteiger partial charge in [-0.15, -0.1) is 0 Å². The first kappa shape index (κ1) is 14.7. The van der Waals surface area contributed by atoms with Gasteiger partial charge in [0.25, 0.3) is 0 Å². The van der Waals surface area contributed by atoms with Crippen LogP contribution < -0.4 is 5.69 Å². The highest BCUT2D eigenvalue weighted by Gasteiger charge is 2.21. The molecular weight excluding hydrogens is 400 g/mol. The number of imidazole rings is 1. The highest BCUT2D eigenvalue weighted by atomic mass is 79.9. The summed E-state index contributed by atoms with van der Waals surface area (Å²) in [4.78, 5) is 12.0. The van der Waals surface area contributed by atoms with Crippen LogP contribution in [0.3, 0.4) is 0 Å². The molecule has 2 aromatic heterocycles. The average Bonchev–Trinajstić information content (AvgIpc) is 2.97.